The summed E-state index contributed by atoms with van der Waals surface area (Å²) in [6, 6.07) is 51.1. The van der Waals surface area contributed by atoms with Crippen molar-refractivity contribution in [2.45, 2.75) is 0 Å². The fourth-order valence-corrected chi connectivity index (χ4v) is 7.93. The smallest absolute Gasteiger partial charge is 0.145 e. The highest BCUT2D eigenvalue weighted by Gasteiger charge is 2.22. The van der Waals surface area contributed by atoms with Gasteiger partial charge in [0, 0.05) is 44.3 Å². The van der Waals surface area contributed by atoms with Crippen LogP contribution in [0.5, 0.6) is 0 Å². The molecular weight excluding hydrogens is 599 g/mol. The molecule has 4 heterocycles. The summed E-state index contributed by atoms with van der Waals surface area (Å²) in [5.74, 6) is 0. The lowest BCUT2D eigenvalue weighted by Gasteiger charge is -2.18. The highest BCUT2D eigenvalue weighted by atomic mass is 16.3. The normalized spacial score (nSPS) is 12.1. The molecule has 4 nitrogen and oxygen atoms in total. The second kappa shape index (κ2) is 9.93. The molecule has 0 amide bonds. The molecule has 0 fully saturated rings. The molecule has 0 atom stereocenters. The number of rotatable bonds is 2. The maximum absolute atomic E-state index is 6.53. The zero-order valence-electron chi connectivity index (χ0n) is 26.2. The predicted octanol–water partition coefficient (Wildman–Crippen LogP) is 12.0. The number of furan rings is 1. The molecule has 0 saturated carbocycles. The van der Waals surface area contributed by atoms with Crippen LogP contribution >= 0.6 is 0 Å². The molecule has 49 heavy (non-hydrogen) atoms. The fraction of sp³-hybridized carbons (Fsp3) is 0. The number of benzene rings is 7. The quantitative estimate of drug-likeness (QED) is 0.142. The zero-order chi connectivity index (χ0) is 32.1. The summed E-state index contributed by atoms with van der Waals surface area (Å²) >= 11 is 0. The van der Waals surface area contributed by atoms with Gasteiger partial charge in [-0.2, -0.15) is 0 Å². The second-order valence-electron chi connectivity index (χ2n) is 12.7. The Kier molecular flexibility index (Phi) is 5.35. The van der Waals surface area contributed by atoms with Crippen molar-refractivity contribution in [2.75, 3.05) is 0 Å². The van der Waals surface area contributed by atoms with Gasteiger partial charge in [-0.1, -0.05) is 115 Å². The number of aromatic nitrogens is 3. The van der Waals surface area contributed by atoms with E-state index in [2.05, 4.69) is 127 Å². The van der Waals surface area contributed by atoms with E-state index >= 15 is 0 Å². The Hall–Kier alpha value is -6.65. The highest BCUT2D eigenvalue weighted by Crippen LogP contribution is 2.46. The minimum Gasteiger partial charge on any atom is -0.455 e. The third-order valence-corrected chi connectivity index (χ3v) is 10.1. The molecule has 0 bridgehead atoms. The lowest BCUT2D eigenvalue weighted by Crippen LogP contribution is -1.96. The molecule has 11 rings (SSSR count). The maximum Gasteiger partial charge on any atom is 0.145 e. The third-order valence-electron chi connectivity index (χ3n) is 10.1. The molecule has 7 aromatic carbocycles. The van der Waals surface area contributed by atoms with E-state index in [0.29, 0.717) is 0 Å². The van der Waals surface area contributed by atoms with Crippen LogP contribution in [0.1, 0.15) is 0 Å². The van der Waals surface area contributed by atoms with E-state index in [1.807, 2.05) is 24.4 Å². The van der Waals surface area contributed by atoms with Crippen LogP contribution in [0, 0.1) is 0 Å². The van der Waals surface area contributed by atoms with Crippen molar-refractivity contribution in [3.05, 3.63) is 152 Å². The SMILES string of the molecule is c1cnc2c(c1)ccc1ccc(-c3c4ccccc4c(-c4nc5ccc6c7ccccc7oc6c5c5ccccc45)c4ccccc34)nc12. The molecule has 0 saturated heterocycles. The van der Waals surface area contributed by atoms with Crippen molar-refractivity contribution in [1.29, 1.82) is 0 Å². The molecule has 226 valence electrons. The maximum atomic E-state index is 6.53. The van der Waals surface area contributed by atoms with Gasteiger partial charge in [-0.05, 0) is 57.3 Å². The van der Waals surface area contributed by atoms with Crippen LogP contribution in [0.25, 0.3) is 109 Å². The molecular formula is C45H25N3O. The first-order chi connectivity index (χ1) is 24.3. The van der Waals surface area contributed by atoms with Gasteiger partial charge >= 0.3 is 0 Å². The molecule has 0 aliphatic heterocycles. The van der Waals surface area contributed by atoms with E-state index in [4.69, 9.17) is 19.4 Å². The van der Waals surface area contributed by atoms with Gasteiger partial charge in [0.2, 0.25) is 0 Å². The van der Waals surface area contributed by atoms with E-state index < -0.39 is 0 Å². The van der Waals surface area contributed by atoms with Gasteiger partial charge in [0.1, 0.15) is 11.2 Å². The van der Waals surface area contributed by atoms with Gasteiger partial charge in [0.15, 0.2) is 0 Å². The minimum absolute atomic E-state index is 0.878. The topological polar surface area (TPSA) is 51.8 Å². The number of nitrogens with zero attached hydrogens (tertiary/aromatic N) is 3. The van der Waals surface area contributed by atoms with Gasteiger partial charge in [0.05, 0.1) is 33.3 Å². The number of fused-ring (bicyclic) bond motifs is 12. The first kappa shape index (κ1) is 26.4. The van der Waals surface area contributed by atoms with Crippen LogP contribution in [0.2, 0.25) is 0 Å². The molecule has 0 aliphatic carbocycles. The predicted molar refractivity (Wildman–Crippen MR) is 203 cm³/mol. The Balaban J connectivity index is 1.26. The number of para-hydroxylation sites is 1. The first-order valence-corrected chi connectivity index (χ1v) is 16.5. The molecule has 0 unspecified atom stereocenters. The Morgan fingerprint density at radius 2 is 1.02 bits per heavy atom. The zero-order valence-corrected chi connectivity index (χ0v) is 26.2. The van der Waals surface area contributed by atoms with Crippen molar-refractivity contribution in [2.24, 2.45) is 0 Å². The third kappa shape index (κ3) is 3.71. The molecule has 4 aromatic heterocycles. The van der Waals surface area contributed by atoms with E-state index in [0.717, 1.165) is 109 Å². The number of hydrogen-bond acceptors (Lipinski definition) is 4. The summed E-state index contributed by atoms with van der Waals surface area (Å²) in [4.78, 5) is 15.5. The van der Waals surface area contributed by atoms with Crippen LogP contribution in [-0.2, 0) is 0 Å². The second-order valence-corrected chi connectivity index (χ2v) is 12.7. The minimum atomic E-state index is 0.878. The van der Waals surface area contributed by atoms with Crippen molar-refractivity contribution in [3.8, 4) is 22.5 Å². The molecule has 11 aromatic rings. The highest BCUT2D eigenvalue weighted by molar-refractivity contribution is 6.27. The van der Waals surface area contributed by atoms with Gasteiger partial charge < -0.3 is 4.42 Å². The molecule has 0 aliphatic rings. The Morgan fingerprint density at radius 3 is 1.78 bits per heavy atom. The Bertz CT molecular complexity index is 3120. The number of pyridine rings is 3. The van der Waals surface area contributed by atoms with Gasteiger partial charge in [0.25, 0.3) is 0 Å². The average Bonchev–Trinajstić information content (AvgIpc) is 3.55. The van der Waals surface area contributed by atoms with Crippen molar-refractivity contribution < 1.29 is 4.42 Å². The average molecular weight is 624 g/mol. The van der Waals surface area contributed by atoms with Crippen LogP contribution < -0.4 is 0 Å². The lowest BCUT2D eigenvalue weighted by molar-refractivity contribution is 0.673. The molecule has 0 radical (unpaired) electrons. The summed E-state index contributed by atoms with van der Waals surface area (Å²) < 4.78 is 6.53. The van der Waals surface area contributed by atoms with Gasteiger partial charge in [-0.25, -0.2) is 9.97 Å². The monoisotopic (exact) mass is 623 g/mol. The van der Waals surface area contributed by atoms with Crippen LogP contribution in [0.15, 0.2) is 156 Å². The van der Waals surface area contributed by atoms with Crippen LogP contribution in [0.4, 0.5) is 0 Å². The molecule has 0 N–H and O–H groups in total. The Morgan fingerprint density at radius 1 is 0.408 bits per heavy atom. The van der Waals surface area contributed by atoms with Crippen LogP contribution in [-0.4, -0.2) is 15.0 Å². The standard InChI is InChI=1S/C45H25N3O/c1-3-14-31-29(12-1)39(36-23-21-27-20-19-26-10-9-25-46-42(26)43(27)47-36)30-13-2-4-15-32(30)40(31)44-34-17-6-5-16-33(34)41-37(48-44)24-22-35-28-11-7-8-18-38(28)49-45(35)41/h1-25H. The Labute approximate surface area is 279 Å². The largest absolute Gasteiger partial charge is 0.455 e. The summed E-state index contributed by atoms with van der Waals surface area (Å²) in [6.07, 6.45) is 1.84. The number of hydrogen-bond donors (Lipinski definition) is 0. The van der Waals surface area contributed by atoms with Crippen molar-refractivity contribution >= 4 is 87.0 Å². The summed E-state index contributed by atoms with van der Waals surface area (Å²) in [7, 11) is 0. The fourth-order valence-electron chi connectivity index (χ4n) is 7.93. The van der Waals surface area contributed by atoms with E-state index in [1.165, 1.54) is 0 Å². The molecule has 4 heteroatoms. The van der Waals surface area contributed by atoms with Gasteiger partial charge in [-0.15, -0.1) is 0 Å². The lowest BCUT2D eigenvalue weighted by atomic mass is 9.87. The summed E-state index contributed by atoms with van der Waals surface area (Å²) in [5.41, 5.74) is 8.61. The summed E-state index contributed by atoms with van der Waals surface area (Å²) in [5, 5.41) is 12.2. The van der Waals surface area contributed by atoms with E-state index in [9.17, 15) is 0 Å². The van der Waals surface area contributed by atoms with E-state index in [1.54, 1.807) is 0 Å². The van der Waals surface area contributed by atoms with Gasteiger partial charge in [-0.3, -0.25) is 4.98 Å². The first-order valence-electron chi connectivity index (χ1n) is 16.5. The summed E-state index contributed by atoms with van der Waals surface area (Å²) in [6.45, 7) is 0. The molecule has 0 spiro atoms. The van der Waals surface area contributed by atoms with Crippen molar-refractivity contribution in [3.63, 3.8) is 0 Å². The van der Waals surface area contributed by atoms with E-state index in [-0.39, 0.29) is 0 Å². The van der Waals surface area contributed by atoms with Crippen LogP contribution in [0.3, 0.4) is 0 Å². The van der Waals surface area contributed by atoms with Crippen molar-refractivity contribution in [1.82, 2.24) is 15.0 Å².